The van der Waals surface area contributed by atoms with E-state index < -0.39 is 0 Å². The highest BCUT2D eigenvalue weighted by molar-refractivity contribution is 5.94. The first-order chi connectivity index (χ1) is 9.54. The zero-order valence-electron chi connectivity index (χ0n) is 12.7. The third-order valence-corrected chi connectivity index (χ3v) is 4.33. The van der Waals surface area contributed by atoms with Crippen molar-refractivity contribution in [2.24, 2.45) is 7.05 Å². The molecule has 110 valence electrons. The molecule has 1 amide bonds. The largest absolute Gasteiger partial charge is 0.354 e. The topological polar surface area (TPSA) is 42.3 Å². The smallest absolute Gasteiger partial charge is 0.259 e. The highest BCUT2D eigenvalue weighted by atomic mass is 16.2. The van der Waals surface area contributed by atoms with E-state index in [1.54, 1.807) is 12.3 Å². The predicted molar refractivity (Wildman–Crippen MR) is 80.0 cm³/mol. The predicted octanol–water partition coefficient (Wildman–Crippen LogP) is 2.49. The Morgan fingerprint density at radius 1 is 1.35 bits per heavy atom. The molecule has 0 saturated heterocycles. The molecule has 0 aromatic carbocycles. The molecule has 0 N–H and O–H groups in total. The van der Waals surface area contributed by atoms with Crippen LogP contribution in [0, 0.1) is 6.92 Å². The minimum Gasteiger partial charge on any atom is -0.354 e. The van der Waals surface area contributed by atoms with Crippen LogP contribution in [0.25, 0.3) is 0 Å². The Kier molecular flexibility index (Phi) is 4.63. The lowest BCUT2D eigenvalue weighted by atomic mass is 9.93. The second-order valence-corrected chi connectivity index (χ2v) is 5.69. The van der Waals surface area contributed by atoms with Crippen LogP contribution >= 0.6 is 0 Å². The van der Waals surface area contributed by atoms with Gasteiger partial charge in [0.2, 0.25) is 0 Å². The van der Waals surface area contributed by atoms with Crippen LogP contribution in [0.2, 0.25) is 0 Å². The normalized spacial score (nSPS) is 16.1. The minimum absolute atomic E-state index is 0.111. The van der Waals surface area contributed by atoms with Crippen molar-refractivity contribution in [3.05, 3.63) is 33.7 Å². The maximum Gasteiger partial charge on any atom is 0.259 e. The highest BCUT2D eigenvalue weighted by Crippen LogP contribution is 2.23. The van der Waals surface area contributed by atoms with Crippen molar-refractivity contribution >= 4 is 5.91 Å². The molecule has 0 atom stereocenters. The second-order valence-electron chi connectivity index (χ2n) is 5.69. The molecule has 4 nitrogen and oxygen atoms in total. The molecule has 20 heavy (non-hydrogen) atoms. The number of hydrogen-bond donors (Lipinski definition) is 0. The summed E-state index contributed by atoms with van der Waals surface area (Å²) in [4.78, 5) is 26.6. The molecule has 1 aliphatic carbocycles. The van der Waals surface area contributed by atoms with Gasteiger partial charge >= 0.3 is 0 Å². The molecule has 0 spiro atoms. The first-order valence-corrected chi connectivity index (χ1v) is 7.52. The van der Waals surface area contributed by atoms with Crippen LogP contribution in [0.5, 0.6) is 0 Å². The van der Waals surface area contributed by atoms with E-state index in [9.17, 15) is 9.59 Å². The van der Waals surface area contributed by atoms with E-state index in [-0.39, 0.29) is 11.3 Å². The zero-order valence-corrected chi connectivity index (χ0v) is 12.7. The molecule has 0 aliphatic heterocycles. The molecule has 1 saturated carbocycles. The number of aromatic nitrogens is 1. The Hall–Kier alpha value is -1.58. The average Bonchev–Trinajstić information content (AvgIpc) is 2.44. The van der Waals surface area contributed by atoms with E-state index in [4.69, 9.17) is 0 Å². The number of hydrogen-bond acceptors (Lipinski definition) is 2. The lowest BCUT2D eigenvalue weighted by Gasteiger charge is -2.33. The molecule has 0 bridgehead atoms. The van der Waals surface area contributed by atoms with Gasteiger partial charge in [0.15, 0.2) is 5.43 Å². The highest BCUT2D eigenvalue weighted by Gasteiger charge is 2.26. The number of amides is 1. The van der Waals surface area contributed by atoms with E-state index in [1.165, 1.54) is 19.3 Å². The van der Waals surface area contributed by atoms with Crippen LogP contribution in [0.3, 0.4) is 0 Å². The standard InChI is InChI=1S/C16H24N2O2/c1-4-18(13-8-6-5-7-9-13)16(20)14-11-17(3)12(2)10-15(14)19/h10-11,13H,4-9H2,1-3H3. The third kappa shape index (κ3) is 2.94. The van der Waals surface area contributed by atoms with Gasteiger partial charge in [-0.3, -0.25) is 9.59 Å². The molecular formula is C16H24N2O2. The Morgan fingerprint density at radius 2 is 2.00 bits per heavy atom. The van der Waals surface area contributed by atoms with Crippen LogP contribution in [-0.4, -0.2) is 28.0 Å². The summed E-state index contributed by atoms with van der Waals surface area (Å²) in [6, 6.07) is 1.84. The Labute approximate surface area is 120 Å². The van der Waals surface area contributed by atoms with Crippen molar-refractivity contribution in [3.63, 3.8) is 0 Å². The van der Waals surface area contributed by atoms with Crippen molar-refractivity contribution in [2.75, 3.05) is 6.54 Å². The fraction of sp³-hybridized carbons (Fsp3) is 0.625. The molecular weight excluding hydrogens is 252 g/mol. The fourth-order valence-electron chi connectivity index (χ4n) is 3.00. The van der Waals surface area contributed by atoms with Crippen LogP contribution < -0.4 is 5.43 Å². The van der Waals surface area contributed by atoms with Gasteiger partial charge in [0, 0.05) is 37.6 Å². The second kappa shape index (κ2) is 6.25. The zero-order chi connectivity index (χ0) is 14.7. The van der Waals surface area contributed by atoms with Crippen LogP contribution in [-0.2, 0) is 7.05 Å². The van der Waals surface area contributed by atoms with E-state index in [0.717, 1.165) is 18.5 Å². The molecule has 2 rings (SSSR count). The lowest BCUT2D eigenvalue weighted by Crippen LogP contribution is -2.43. The van der Waals surface area contributed by atoms with Crippen molar-refractivity contribution in [1.82, 2.24) is 9.47 Å². The summed E-state index contributed by atoms with van der Waals surface area (Å²) < 4.78 is 1.84. The average molecular weight is 276 g/mol. The fourth-order valence-corrected chi connectivity index (χ4v) is 3.00. The Balaban J connectivity index is 2.28. The summed E-state index contributed by atoms with van der Waals surface area (Å²) >= 11 is 0. The summed E-state index contributed by atoms with van der Waals surface area (Å²) in [5, 5.41) is 0. The number of nitrogens with zero attached hydrogens (tertiary/aromatic N) is 2. The molecule has 1 aromatic rings. The van der Waals surface area contributed by atoms with Gasteiger partial charge in [-0.25, -0.2) is 0 Å². The summed E-state index contributed by atoms with van der Waals surface area (Å²) in [7, 11) is 1.86. The van der Waals surface area contributed by atoms with Gasteiger partial charge in [-0.15, -0.1) is 0 Å². The van der Waals surface area contributed by atoms with Crippen molar-refractivity contribution in [1.29, 1.82) is 0 Å². The molecule has 1 fully saturated rings. The molecule has 4 heteroatoms. The van der Waals surface area contributed by atoms with E-state index in [1.807, 2.05) is 30.4 Å². The molecule has 0 unspecified atom stereocenters. The summed E-state index contributed by atoms with van der Waals surface area (Å²) in [5.41, 5.74) is 0.998. The number of rotatable bonds is 3. The van der Waals surface area contributed by atoms with Crippen LogP contribution in [0.1, 0.15) is 55.1 Å². The number of aryl methyl sites for hydroxylation is 2. The minimum atomic E-state index is -0.167. The van der Waals surface area contributed by atoms with Crippen molar-refractivity contribution in [2.45, 2.75) is 52.0 Å². The SMILES string of the molecule is CCN(C(=O)c1cn(C)c(C)cc1=O)C1CCCCC1. The first kappa shape index (κ1) is 14.8. The van der Waals surface area contributed by atoms with Gasteiger partial charge in [0.05, 0.1) is 0 Å². The quantitative estimate of drug-likeness (QED) is 0.851. The van der Waals surface area contributed by atoms with Crippen molar-refractivity contribution < 1.29 is 4.79 Å². The summed E-state index contributed by atoms with van der Waals surface area (Å²) in [5.74, 6) is -0.111. The van der Waals surface area contributed by atoms with Crippen molar-refractivity contribution in [3.8, 4) is 0 Å². The lowest BCUT2D eigenvalue weighted by molar-refractivity contribution is 0.0645. The maximum absolute atomic E-state index is 12.7. The van der Waals surface area contributed by atoms with Gasteiger partial charge in [-0.2, -0.15) is 0 Å². The Bertz CT molecular complexity index is 542. The van der Waals surface area contributed by atoms with Gasteiger partial charge < -0.3 is 9.47 Å². The monoisotopic (exact) mass is 276 g/mol. The number of pyridine rings is 1. The van der Waals surface area contributed by atoms with E-state index in [2.05, 4.69) is 0 Å². The van der Waals surface area contributed by atoms with Gasteiger partial charge in [0.1, 0.15) is 5.56 Å². The number of carbonyl (C=O) groups excluding carboxylic acids is 1. The first-order valence-electron chi connectivity index (χ1n) is 7.52. The van der Waals surface area contributed by atoms with E-state index >= 15 is 0 Å². The summed E-state index contributed by atoms with van der Waals surface area (Å²) in [6.45, 7) is 4.53. The molecule has 1 heterocycles. The molecule has 0 radical (unpaired) electrons. The number of carbonyl (C=O) groups is 1. The maximum atomic E-state index is 12.7. The van der Waals surface area contributed by atoms with Crippen LogP contribution in [0.15, 0.2) is 17.1 Å². The third-order valence-electron chi connectivity index (χ3n) is 4.33. The van der Waals surface area contributed by atoms with Gasteiger partial charge in [-0.05, 0) is 26.7 Å². The van der Waals surface area contributed by atoms with Crippen LogP contribution in [0.4, 0.5) is 0 Å². The molecule has 1 aromatic heterocycles. The van der Waals surface area contributed by atoms with Gasteiger partial charge in [-0.1, -0.05) is 19.3 Å². The van der Waals surface area contributed by atoms with E-state index in [0.29, 0.717) is 18.2 Å². The summed E-state index contributed by atoms with van der Waals surface area (Å²) in [6.07, 6.45) is 7.41. The molecule has 1 aliphatic rings. The Morgan fingerprint density at radius 3 is 2.60 bits per heavy atom. The van der Waals surface area contributed by atoms with Gasteiger partial charge in [0.25, 0.3) is 5.91 Å².